The van der Waals surface area contributed by atoms with Gasteiger partial charge in [-0.05, 0) is 27.0 Å². The van der Waals surface area contributed by atoms with Crippen LogP contribution in [0.25, 0.3) is 0 Å². The van der Waals surface area contributed by atoms with Gasteiger partial charge >= 0.3 is 0 Å². The summed E-state index contributed by atoms with van der Waals surface area (Å²) in [5, 5.41) is 3.10. The third-order valence-electron chi connectivity index (χ3n) is 1.79. The lowest BCUT2D eigenvalue weighted by Gasteiger charge is -2.10. The van der Waals surface area contributed by atoms with E-state index in [9.17, 15) is 0 Å². The topological polar surface area (TPSA) is 34.1 Å². The zero-order chi connectivity index (χ0) is 10.4. The number of pyridine rings is 1. The Hall–Kier alpha value is -1.09. The largest absolute Gasteiger partial charge is 0.491 e. The van der Waals surface area contributed by atoms with Crippen LogP contribution in [0, 0.1) is 0 Å². The Balaban J connectivity index is 2.59. The Morgan fingerprint density at radius 3 is 2.93 bits per heavy atom. The van der Waals surface area contributed by atoms with Crippen LogP contribution >= 0.6 is 0 Å². The van der Waals surface area contributed by atoms with Gasteiger partial charge in [0.05, 0.1) is 6.10 Å². The van der Waals surface area contributed by atoms with Crippen LogP contribution in [0.1, 0.15) is 19.5 Å². The number of likely N-dealkylation sites (N-methyl/N-ethyl adjacent to an activating group) is 1. The third kappa shape index (κ3) is 3.75. The maximum Gasteiger partial charge on any atom is 0.123 e. The predicted octanol–water partition coefficient (Wildman–Crippen LogP) is 1.63. The molecular formula is C11H18N2O. The van der Waals surface area contributed by atoms with Gasteiger partial charge in [-0.1, -0.05) is 0 Å². The molecular weight excluding hydrogens is 176 g/mol. The van der Waals surface area contributed by atoms with Crippen molar-refractivity contribution in [2.75, 3.05) is 13.6 Å². The molecule has 0 amide bonds. The highest BCUT2D eigenvalue weighted by Crippen LogP contribution is 2.12. The number of hydrogen-bond acceptors (Lipinski definition) is 3. The maximum absolute atomic E-state index is 5.57. The van der Waals surface area contributed by atoms with Gasteiger partial charge in [-0.3, -0.25) is 4.98 Å². The van der Waals surface area contributed by atoms with Gasteiger partial charge in [0.15, 0.2) is 0 Å². The van der Waals surface area contributed by atoms with E-state index in [-0.39, 0.29) is 6.10 Å². The lowest BCUT2D eigenvalue weighted by atomic mass is 10.2. The first-order chi connectivity index (χ1) is 6.72. The molecule has 1 aromatic rings. The summed E-state index contributed by atoms with van der Waals surface area (Å²) < 4.78 is 5.57. The predicted molar refractivity (Wildman–Crippen MR) is 57.6 cm³/mol. The van der Waals surface area contributed by atoms with Crippen molar-refractivity contribution in [2.24, 2.45) is 0 Å². The molecule has 0 aliphatic heterocycles. The molecule has 3 heteroatoms. The fourth-order valence-electron chi connectivity index (χ4n) is 1.19. The van der Waals surface area contributed by atoms with Gasteiger partial charge < -0.3 is 10.1 Å². The van der Waals surface area contributed by atoms with Crippen LogP contribution in [0.2, 0.25) is 0 Å². The number of nitrogens with one attached hydrogen (secondary N) is 1. The van der Waals surface area contributed by atoms with E-state index in [0.717, 1.165) is 24.4 Å². The van der Waals surface area contributed by atoms with Crippen molar-refractivity contribution in [3.05, 3.63) is 24.0 Å². The molecule has 1 aromatic heterocycles. The van der Waals surface area contributed by atoms with E-state index in [1.165, 1.54) is 0 Å². The fourth-order valence-corrected chi connectivity index (χ4v) is 1.19. The van der Waals surface area contributed by atoms with Crippen LogP contribution in [0.15, 0.2) is 18.3 Å². The van der Waals surface area contributed by atoms with Crippen LogP contribution in [-0.2, 0) is 6.42 Å². The van der Waals surface area contributed by atoms with Crippen molar-refractivity contribution in [2.45, 2.75) is 26.4 Å². The second kappa shape index (κ2) is 5.60. The summed E-state index contributed by atoms with van der Waals surface area (Å²) in [5.74, 6) is 0.904. The standard InChI is InChI=1S/C11H18N2O/c1-9(2)14-11-5-7-13-10(8-11)4-6-12-3/h5,7-9,12H,4,6H2,1-3H3. The van der Waals surface area contributed by atoms with Gasteiger partial charge in [-0.25, -0.2) is 0 Å². The summed E-state index contributed by atoms with van der Waals surface area (Å²) in [7, 11) is 1.94. The minimum atomic E-state index is 0.217. The smallest absolute Gasteiger partial charge is 0.123 e. The molecule has 0 bridgehead atoms. The number of aromatic nitrogens is 1. The molecule has 14 heavy (non-hydrogen) atoms. The summed E-state index contributed by atoms with van der Waals surface area (Å²) in [6.45, 7) is 4.99. The molecule has 0 aliphatic rings. The normalized spacial score (nSPS) is 10.6. The molecule has 0 unspecified atom stereocenters. The molecule has 0 radical (unpaired) electrons. The zero-order valence-electron chi connectivity index (χ0n) is 9.08. The third-order valence-corrected chi connectivity index (χ3v) is 1.79. The summed E-state index contributed by atoms with van der Waals surface area (Å²) >= 11 is 0. The Morgan fingerprint density at radius 2 is 2.29 bits per heavy atom. The van der Waals surface area contributed by atoms with Gasteiger partial charge in [0, 0.05) is 30.9 Å². The Bertz CT molecular complexity index is 274. The Morgan fingerprint density at radius 1 is 1.50 bits per heavy atom. The van der Waals surface area contributed by atoms with Gasteiger partial charge in [0.2, 0.25) is 0 Å². The average molecular weight is 194 g/mol. The average Bonchev–Trinajstić information content (AvgIpc) is 2.14. The molecule has 0 saturated carbocycles. The van der Waals surface area contributed by atoms with E-state index in [0.29, 0.717) is 0 Å². The summed E-state index contributed by atoms with van der Waals surface area (Å²) in [6.07, 6.45) is 2.95. The highest BCUT2D eigenvalue weighted by molar-refractivity contribution is 5.22. The number of hydrogen-bond donors (Lipinski definition) is 1. The van der Waals surface area contributed by atoms with Crippen molar-refractivity contribution < 1.29 is 4.74 Å². The van der Waals surface area contributed by atoms with Gasteiger partial charge in [0.1, 0.15) is 5.75 Å². The first-order valence-electron chi connectivity index (χ1n) is 4.98. The number of rotatable bonds is 5. The lowest BCUT2D eigenvalue weighted by Crippen LogP contribution is -2.11. The molecule has 0 fully saturated rings. The molecule has 0 saturated heterocycles. The van der Waals surface area contributed by atoms with E-state index in [1.807, 2.05) is 33.0 Å². The van der Waals surface area contributed by atoms with Crippen LogP contribution in [-0.4, -0.2) is 24.7 Å². The van der Waals surface area contributed by atoms with Crippen LogP contribution in [0.4, 0.5) is 0 Å². The van der Waals surface area contributed by atoms with Crippen molar-refractivity contribution in [1.82, 2.24) is 10.3 Å². The second-order valence-corrected chi connectivity index (χ2v) is 3.50. The van der Waals surface area contributed by atoms with Crippen molar-refractivity contribution in [1.29, 1.82) is 0 Å². The first-order valence-corrected chi connectivity index (χ1v) is 4.98. The SMILES string of the molecule is CNCCc1cc(OC(C)C)ccn1. The quantitative estimate of drug-likeness (QED) is 0.773. The number of ether oxygens (including phenoxy) is 1. The molecule has 1 heterocycles. The zero-order valence-corrected chi connectivity index (χ0v) is 9.08. The van der Waals surface area contributed by atoms with Crippen LogP contribution in [0.5, 0.6) is 5.75 Å². The highest BCUT2D eigenvalue weighted by Gasteiger charge is 1.99. The molecule has 1 N–H and O–H groups in total. The van der Waals surface area contributed by atoms with Crippen molar-refractivity contribution >= 4 is 0 Å². The summed E-state index contributed by atoms with van der Waals surface area (Å²) in [4.78, 5) is 4.26. The van der Waals surface area contributed by atoms with Crippen LogP contribution < -0.4 is 10.1 Å². The summed E-state index contributed by atoms with van der Waals surface area (Å²) in [6, 6.07) is 3.89. The summed E-state index contributed by atoms with van der Waals surface area (Å²) in [5.41, 5.74) is 1.07. The second-order valence-electron chi connectivity index (χ2n) is 3.50. The minimum Gasteiger partial charge on any atom is -0.491 e. The lowest BCUT2D eigenvalue weighted by molar-refractivity contribution is 0.242. The monoisotopic (exact) mass is 194 g/mol. The molecule has 3 nitrogen and oxygen atoms in total. The molecule has 0 atom stereocenters. The van der Waals surface area contributed by atoms with E-state index < -0.39 is 0 Å². The molecule has 1 rings (SSSR count). The van der Waals surface area contributed by atoms with E-state index in [2.05, 4.69) is 10.3 Å². The Kier molecular flexibility index (Phi) is 4.40. The molecule has 0 spiro atoms. The van der Waals surface area contributed by atoms with E-state index >= 15 is 0 Å². The number of nitrogens with zero attached hydrogens (tertiary/aromatic N) is 1. The van der Waals surface area contributed by atoms with Crippen molar-refractivity contribution in [3.63, 3.8) is 0 Å². The van der Waals surface area contributed by atoms with E-state index in [1.54, 1.807) is 6.20 Å². The Labute approximate surface area is 85.5 Å². The highest BCUT2D eigenvalue weighted by atomic mass is 16.5. The molecule has 0 aromatic carbocycles. The van der Waals surface area contributed by atoms with Gasteiger partial charge in [-0.15, -0.1) is 0 Å². The fraction of sp³-hybridized carbons (Fsp3) is 0.545. The first kappa shape index (κ1) is 11.0. The van der Waals surface area contributed by atoms with Gasteiger partial charge in [0.25, 0.3) is 0 Å². The minimum absolute atomic E-state index is 0.217. The molecule has 78 valence electrons. The van der Waals surface area contributed by atoms with Crippen molar-refractivity contribution in [3.8, 4) is 5.75 Å². The maximum atomic E-state index is 5.57. The molecule has 0 aliphatic carbocycles. The van der Waals surface area contributed by atoms with Gasteiger partial charge in [-0.2, -0.15) is 0 Å². The van der Waals surface area contributed by atoms with Crippen LogP contribution in [0.3, 0.4) is 0 Å². The van der Waals surface area contributed by atoms with E-state index in [4.69, 9.17) is 4.74 Å².